The van der Waals surface area contributed by atoms with Gasteiger partial charge in [0.25, 0.3) is 11.8 Å². The molecule has 152 valence electrons. The molecular weight excluding hydrogens is 398 g/mol. The highest BCUT2D eigenvalue weighted by atomic mass is 35.5. The number of carbonyl (C=O) groups is 3. The van der Waals surface area contributed by atoms with Gasteiger partial charge in [-0.15, -0.1) is 0 Å². The number of hydrazine groups is 1. The first-order valence-electron chi connectivity index (χ1n) is 9.00. The highest BCUT2D eigenvalue weighted by Crippen LogP contribution is 2.25. The first-order valence-corrected chi connectivity index (χ1v) is 9.38. The third-order valence-electron chi connectivity index (χ3n) is 4.12. The molecule has 1 heterocycles. The standard InChI is InChI=1S/C20H20ClN3O5/c1-2-28-15-9-5-14(6-10-15)24-19(26)11-17(20(24)27)22-23-18(25)12-29-16-7-3-13(21)4-8-16/h3-10,17,22H,2,11-12H2,1H3,(H,23,25). The normalized spacial score (nSPS) is 16.1. The Balaban J connectivity index is 1.51. The molecule has 0 saturated carbocycles. The Bertz CT molecular complexity index is 886. The SMILES string of the molecule is CCOc1ccc(N2C(=O)CC(NNC(=O)COc3ccc(Cl)cc3)C2=O)cc1. The summed E-state index contributed by atoms with van der Waals surface area (Å²) < 4.78 is 10.7. The van der Waals surface area contributed by atoms with E-state index in [1.54, 1.807) is 48.5 Å². The second kappa shape index (κ2) is 9.40. The topological polar surface area (TPSA) is 97.0 Å². The summed E-state index contributed by atoms with van der Waals surface area (Å²) in [6.07, 6.45) is -0.0651. The van der Waals surface area contributed by atoms with Gasteiger partial charge in [-0.2, -0.15) is 0 Å². The molecule has 9 heteroatoms. The maximum Gasteiger partial charge on any atom is 0.272 e. The first kappa shape index (κ1) is 20.6. The maximum atomic E-state index is 12.6. The fourth-order valence-corrected chi connectivity index (χ4v) is 2.88. The van der Waals surface area contributed by atoms with Gasteiger partial charge in [0, 0.05) is 5.02 Å². The molecule has 3 rings (SSSR count). The van der Waals surface area contributed by atoms with E-state index < -0.39 is 17.9 Å². The zero-order chi connectivity index (χ0) is 20.8. The number of nitrogens with zero attached hydrogens (tertiary/aromatic N) is 1. The first-order chi connectivity index (χ1) is 14.0. The molecule has 29 heavy (non-hydrogen) atoms. The summed E-state index contributed by atoms with van der Waals surface area (Å²) in [7, 11) is 0. The zero-order valence-corrected chi connectivity index (χ0v) is 16.4. The Morgan fingerprint density at radius 3 is 2.34 bits per heavy atom. The Hall–Kier alpha value is -3.10. The number of ether oxygens (including phenoxy) is 2. The Morgan fingerprint density at radius 1 is 1.07 bits per heavy atom. The van der Waals surface area contributed by atoms with Crippen LogP contribution in [0.1, 0.15) is 13.3 Å². The van der Waals surface area contributed by atoms with Crippen LogP contribution in [-0.2, 0) is 14.4 Å². The van der Waals surface area contributed by atoms with Crippen LogP contribution in [0.25, 0.3) is 0 Å². The molecule has 2 aromatic carbocycles. The predicted molar refractivity (Wildman–Crippen MR) is 107 cm³/mol. The van der Waals surface area contributed by atoms with Crippen LogP contribution < -0.4 is 25.2 Å². The quantitative estimate of drug-likeness (QED) is 0.504. The van der Waals surface area contributed by atoms with Crippen molar-refractivity contribution in [3.05, 3.63) is 53.6 Å². The molecule has 1 atom stereocenters. The van der Waals surface area contributed by atoms with Gasteiger partial charge in [-0.1, -0.05) is 11.6 Å². The fraction of sp³-hybridized carbons (Fsp3) is 0.250. The molecule has 3 amide bonds. The smallest absolute Gasteiger partial charge is 0.272 e. The van der Waals surface area contributed by atoms with Crippen LogP contribution >= 0.6 is 11.6 Å². The van der Waals surface area contributed by atoms with E-state index in [0.717, 1.165) is 4.90 Å². The minimum atomic E-state index is -0.853. The Labute approximate surface area is 172 Å². The van der Waals surface area contributed by atoms with Crippen molar-refractivity contribution >= 4 is 35.0 Å². The predicted octanol–water partition coefficient (Wildman–Crippen LogP) is 2.07. The molecular formula is C20H20ClN3O5. The highest BCUT2D eigenvalue weighted by molar-refractivity contribution is 6.30. The summed E-state index contributed by atoms with van der Waals surface area (Å²) in [5, 5.41) is 0.560. The minimum Gasteiger partial charge on any atom is -0.494 e. The maximum absolute atomic E-state index is 12.6. The highest BCUT2D eigenvalue weighted by Gasteiger charge is 2.39. The molecule has 1 fully saturated rings. The number of benzene rings is 2. The van der Waals surface area contributed by atoms with Gasteiger partial charge in [0.05, 0.1) is 18.7 Å². The molecule has 0 bridgehead atoms. The lowest BCUT2D eigenvalue weighted by Crippen LogP contribution is -2.49. The van der Waals surface area contributed by atoms with Crippen LogP contribution in [-0.4, -0.2) is 37.0 Å². The van der Waals surface area contributed by atoms with E-state index in [9.17, 15) is 14.4 Å². The molecule has 0 spiro atoms. The molecule has 0 radical (unpaired) electrons. The van der Waals surface area contributed by atoms with Gasteiger partial charge >= 0.3 is 0 Å². The van der Waals surface area contributed by atoms with Crippen molar-refractivity contribution in [2.45, 2.75) is 19.4 Å². The van der Waals surface area contributed by atoms with Crippen molar-refractivity contribution < 1.29 is 23.9 Å². The van der Waals surface area contributed by atoms with Gasteiger partial charge in [0.2, 0.25) is 5.91 Å². The number of rotatable bonds is 8. The van der Waals surface area contributed by atoms with Crippen molar-refractivity contribution in [1.82, 2.24) is 10.9 Å². The molecule has 8 nitrogen and oxygen atoms in total. The van der Waals surface area contributed by atoms with Crippen LogP contribution in [0.2, 0.25) is 5.02 Å². The molecule has 0 aromatic heterocycles. The summed E-state index contributed by atoms with van der Waals surface area (Å²) in [4.78, 5) is 37.9. The van der Waals surface area contributed by atoms with Crippen LogP contribution in [0.15, 0.2) is 48.5 Å². The van der Waals surface area contributed by atoms with E-state index >= 15 is 0 Å². The summed E-state index contributed by atoms with van der Waals surface area (Å²) in [6, 6.07) is 12.4. The number of halogens is 1. The largest absolute Gasteiger partial charge is 0.494 e. The number of hydrogen-bond donors (Lipinski definition) is 2. The van der Waals surface area contributed by atoms with E-state index in [0.29, 0.717) is 28.8 Å². The lowest BCUT2D eigenvalue weighted by Gasteiger charge is -2.16. The van der Waals surface area contributed by atoms with Gasteiger partial charge in [0.15, 0.2) is 6.61 Å². The number of imide groups is 1. The Morgan fingerprint density at radius 2 is 1.69 bits per heavy atom. The van der Waals surface area contributed by atoms with E-state index in [-0.39, 0.29) is 18.9 Å². The van der Waals surface area contributed by atoms with Crippen molar-refractivity contribution in [3.8, 4) is 11.5 Å². The van der Waals surface area contributed by atoms with Gasteiger partial charge in [-0.05, 0) is 55.5 Å². The van der Waals surface area contributed by atoms with Crippen LogP contribution in [0, 0.1) is 0 Å². The lowest BCUT2D eigenvalue weighted by atomic mass is 10.2. The van der Waals surface area contributed by atoms with Crippen LogP contribution in [0.3, 0.4) is 0 Å². The monoisotopic (exact) mass is 417 g/mol. The van der Waals surface area contributed by atoms with Gasteiger partial charge < -0.3 is 9.47 Å². The van der Waals surface area contributed by atoms with Crippen molar-refractivity contribution in [1.29, 1.82) is 0 Å². The number of carbonyl (C=O) groups excluding carboxylic acids is 3. The van der Waals surface area contributed by atoms with Gasteiger partial charge in [0.1, 0.15) is 17.5 Å². The third-order valence-corrected chi connectivity index (χ3v) is 4.37. The second-order valence-corrected chi connectivity index (χ2v) is 6.62. The minimum absolute atomic E-state index is 0.0651. The molecule has 1 aliphatic rings. The van der Waals surface area contributed by atoms with Crippen molar-refractivity contribution in [3.63, 3.8) is 0 Å². The molecule has 0 aliphatic carbocycles. The van der Waals surface area contributed by atoms with Crippen LogP contribution in [0.4, 0.5) is 5.69 Å². The average Bonchev–Trinajstić information content (AvgIpc) is 3.00. The van der Waals surface area contributed by atoms with E-state index in [4.69, 9.17) is 21.1 Å². The fourth-order valence-electron chi connectivity index (χ4n) is 2.76. The summed E-state index contributed by atoms with van der Waals surface area (Å²) in [6.45, 7) is 2.13. The third kappa shape index (κ3) is 5.24. The summed E-state index contributed by atoms with van der Waals surface area (Å²) in [5.41, 5.74) is 5.45. The van der Waals surface area contributed by atoms with E-state index in [1.807, 2.05) is 6.92 Å². The molecule has 1 saturated heterocycles. The van der Waals surface area contributed by atoms with E-state index in [1.165, 1.54) is 0 Å². The summed E-state index contributed by atoms with van der Waals surface area (Å²) in [5.74, 6) is -0.155. The van der Waals surface area contributed by atoms with Crippen LogP contribution in [0.5, 0.6) is 11.5 Å². The number of anilines is 1. The second-order valence-electron chi connectivity index (χ2n) is 6.19. The van der Waals surface area contributed by atoms with E-state index in [2.05, 4.69) is 10.9 Å². The average molecular weight is 418 g/mol. The molecule has 2 aromatic rings. The van der Waals surface area contributed by atoms with Crippen molar-refractivity contribution in [2.75, 3.05) is 18.1 Å². The summed E-state index contributed by atoms with van der Waals surface area (Å²) >= 11 is 5.79. The van der Waals surface area contributed by atoms with Gasteiger partial charge in [-0.3, -0.25) is 19.8 Å². The number of amides is 3. The molecule has 2 N–H and O–H groups in total. The lowest BCUT2D eigenvalue weighted by molar-refractivity contribution is -0.125. The van der Waals surface area contributed by atoms with Gasteiger partial charge in [-0.25, -0.2) is 10.3 Å². The zero-order valence-electron chi connectivity index (χ0n) is 15.7. The van der Waals surface area contributed by atoms with Crippen molar-refractivity contribution in [2.24, 2.45) is 0 Å². The number of hydrogen-bond acceptors (Lipinski definition) is 6. The molecule has 1 aliphatic heterocycles. The molecule has 1 unspecified atom stereocenters. The number of nitrogens with one attached hydrogen (secondary N) is 2. The Kier molecular flexibility index (Phi) is 6.69.